The van der Waals surface area contributed by atoms with E-state index in [2.05, 4.69) is 30.3 Å². The van der Waals surface area contributed by atoms with E-state index in [9.17, 15) is 4.79 Å². The number of amides is 2. The second-order valence-electron chi connectivity index (χ2n) is 7.18. The molecule has 5 heterocycles. The minimum Gasteiger partial charge on any atom is -0.352 e. The number of piperazine rings is 1. The van der Waals surface area contributed by atoms with Crippen LogP contribution in [0.15, 0.2) is 37.1 Å². The van der Waals surface area contributed by atoms with Gasteiger partial charge in [0, 0.05) is 45.6 Å². The summed E-state index contributed by atoms with van der Waals surface area (Å²) < 4.78 is 3.58. The quantitative estimate of drug-likeness (QED) is 0.536. The molecule has 4 aromatic heterocycles. The third-order valence-electron chi connectivity index (χ3n) is 5.26. The van der Waals surface area contributed by atoms with Crippen molar-refractivity contribution in [2.75, 3.05) is 31.1 Å². The van der Waals surface area contributed by atoms with Gasteiger partial charge in [-0.1, -0.05) is 11.6 Å². The number of urea groups is 1. The number of rotatable bonds is 3. The Balaban J connectivity index is 1.20. The molecule has 0 atom stereocenters. The second-order valence-corrected chi connectivity index (χ2v) is 7.62. The molecule has 0 radical (unpaired) electrons. The van der Waals surface area contributed by atoms with Crippen molar-refractivity contribution in [2.24, 2.45) is 7.05 Å². The van der Waals surface area contributed by atoms with Crippen molar-refractivity contribution in [1.29, 1.82) is 0 Å². The number of aromatic nitrogens is 6. The molecule has 0 unspecified atom stereocenters. The van der Waals surface area contributed by atoms with Gasteiger partial charge in [-0.05, 0) is 12.1 Å². The molecule has 10 nitrogen and oxygen atoms in total. The summed E-state index contributed by atoms with van der Waals surface area (Å²) in [6, 6.07) is 3.54. The summed E-state index contributed by atoms with van der Waals surface area (Å²) in [5.41, 5.74) is 2.38. The summed E-state index contributed by atoms with van der Waals surface area (Å²) in [5.74, 6) is 0.858. The second kappa shape index (κ2) is 7.45. The number of fused-ring (bicyclic) bond motifs is 2. The Morgan fingerprint density at radius 3 is 2.83 bits per heavy atom. The molecular weight excluding hydrogens is 406 g/mol. The zero-order valence-corrected chi connectivity index (χ0v) is 17.1. The van der Waals surface area contributed by atoms with E-state index < -0.39 is 0 Å². The molecule has 4 aromatic rings. The van der Waals surface area contributed by atoms with Gasteiger partial charge in [0.05, 0.1) is 28.8 Å². The molecule has 0 saturated carbocycles. The maximum atomic E-state index is 12.6. The highest BCUT2D eigenvalue weighted by atomic mass is 35.5. The number of nitrogens with zero attached hydrogens (tertiary/aromatic N) is 8. The predicted molar refractivity (Wildman–Crippen MR) is 113 cm³/mol. The average molecular weight is 426 g/mol. The number of carbonyl (C=O) groups is 1. The summed E-state index contributed by atoms with van der Waals surface area (Å²) in [6.45, 7) is 2.97. The van der Waals surface area contributed by atoms with Gasteiger partial charge in [0.2, 0.25) is 0 Å². The lowest BCUT2D eigenvalue weighted by atomic mass is 10.3. The number of aryl methyl sites for hydroxylation is 1. The number of carbonyl (C=O) groups excluding carboxylic acids is 1. The van der Waals surface area contributed by atoms with Crippen LogP contribution in [0.5, 0.6) is 0 Å². The van der Waals surface area contributed by atoms with Crippen molar-refractivity contribution >= 4 is 40.1 Å². The van der Waals surface area contributed by atoms with Crippen molar-refractivity contribution in [3.05, 3.63) is 47.8 Å². The summed E-state index contributed by atoms with van der Waals surface area (Å²) in [4.78, 5) is 29.8. The highest BCUT2D eigenvalue weighted by Gasteiger charge is 2.23. The highest BCUT2D eigenvalue weighted by Crippen LogP contribution is 2.23. The van der Waals surface area contributed by atoms with E-state index in [0.717, 1.165) is 28.2 Å². The van der Waals surface area contributed by atoms with Crippen LogP contribution in [0, 0.1) is 0 Å². The molecular formula is C19H20ClN9O. The smallest absolute Gasteiger partial charge is 0.317 e. The topological polar surface area (TPSA) is 96.5 Å². The van der Waals surface area contributed by atoms with Gasteiger partial charge < -0.3 is 19.5 Å². The highest BCUT2D eigenvalue weighted by molar-refractivity contribution is 6.30. The van der Waals surface area contributed by atoms with Crippen LogP contribution >= 0.6 is 11.6 Å². The third-order valence-corrected chi connectivity index (χ3v) is 5.48. The molecule has 1 fully saturated rings. The summed E-state index contributed by atoms with van der Waals surface area (Å²) in [5, 5.41) is 8.78. The SMILES string of the molecule is Cn1ncc2c(N3CCN(C(=O)NCc4cn5cc(Cl)ccc5n4)CC3)ncnc21. The van der Waals surface area contributed by atoms with Crippen LogP contribution in [0.25, 0.3) is 16.7 Å². The molecule has 11 heteroatoms. The standard InChI is InChI=1S/C19H20ClN9O/c1-26-17-15(9-24-26)18(23-12-22-17)27-4-6-28(7-5-27)19(30)21-8-14-11-29-10-13(20)2-3-16(29)25-14/h2-3,9-12H,4-8H2,1H3,(H,21,30). The lowest BCUT2D eigenvalue weighted by Gasteiger charge is -2.35. The summed E-state index contributed by atoms with van der Waals surface area (Å²) >= 11 is 6.00. The number of imidazole rings is 1. The summed E-state index contributed by atoms with van der Waals surface area (Å²) in [7, 11) is 1.86. The predicted octanol–water partition coefficient (Wildman–Crippen LogP) is 1.70. The van der Waals surface area contributed by atoms with E-state index in [4.69, 9.17) is 11.6 Å². The molecule has 0 spiro atoms. The molecule has 0 aliphatic carbocycles. The number of nitrogens with one attached hydrogen (secondary N) is 1. The van der Waals surface area contributed by atoms with Gasteiger partial charge in [-0.25, -0.2) is 19.7 Å². The van der Waals surface area contributed by atoms with Crippen LogP contribution in [0.1, 0.15) is 5.69 Å². The van der Waals surface area contributed by atoms with Crippen LogP contribution in [0.2, 0.25) is 5.02 Å². The molecule has 1 saturated heterocycles. The fourth-order valence-electron chi connectivity index (χ4n) is 3.70. The molecule has 30 heavy (non-hydrogen) atoms. The van der Waals surface area contributed by atoms with Gasteiger partial charge in [0.25, 0.3) is 0 Å². The molecule has 0 aromatic carbocycles. The van der Waals surface area contributed by atoms with Crippen LogP contribution < -0.4 is 10.2 Å². The third kappa shape index (κ3) is 3.39. The lowest BCUT2D eigenvalue weighted by molar-refractivity contribution is 0.193. The Kier molecular flexibility index (Phi) is 4.62. The zero-order valence-electron chi connectivity index (χ0n) is 16.4. The van der Waals surface area contributed by atoms with E-state index in [-0.39, 0.29) is 6.03 Å². The Labute approximate surface area is 177 Å². The molecule has 1 aliphatic rings. The fourth-order valence-corrected chi connectivity index (χ4v) is 3.87. The first kappa shape index (κ1) is 18.6. The van der Waals surface area contributed by atoms with Crippen molar-refractivity contribution in [2.45, 2.75) is 6.54 Å². The van der Waals surface area contributed by atoms with Gasteiger partial charge in [-0.15, -0.1) is 0 Å². The molecule has 2 amide bonds. The number of anilines is 1. The van der Waals surface area contributed by atoms with Gasteiger partial charge in [0.1, 0.15) is 17.8 Å². The van der Waals surface area contributed by atoms with Crippen LogP contribution in [0.4, 0.5) is 10.6 Å². The maximum Gasteiger partial charge on any atom is 0.317 e. The average Bonchev–Trinajstić information content (AvgIpc) is 3.35. The minimum absolute atomic E-state index is 0.0982. The Hall–Kier alpha value is -3.40. The van der Waals surface area contributed by atoms with E-state index in [1.165, 1.54) is 0 Å². The fraction of sp³-hybridized carbons (Fsp3) is 0.316. The van der Waals surface area contributed by atoms with Crippen LogP contribution in [0.3, 0.4) is 0 Å². The van der Waals surface area contributed by atoms with Gasteiger partial charge in [0.15, 0.2) is 5.65 Å². The molecule has 1 aliphatic heterocycles. The van der Waals surface area contributed by atoms with Crippen molar-refractivity contribution in [3.63, 3.8) is 0 Å². The van der Waals surface area contributed by atoms with Gasteiger partial charge in [-0.3, -0.25) is 4.68 Å². The van der Waals surface area contributed by atoms with Crippen molar-refractivity contribution in [1.82, 2.24) is 39.3 Å². The minimum atomic E-state index is -0.0982. The Morgan fingerprint density at radius 1 is 1.17 bits per heavy atom. The number of halogens is 1. The monoisotopic (exact) mass is 425 g/mol. The first-order valence-corrected chi connectivity index (χ1v) is 10.00. The largest absolute Gasteiger partial charge is 0.352 e. The molecule has 1 N–H and O–H groups in total. The number of hydrogen-bond acceptors (Lipinski definition) is 6. The Morgan fingerprint density at radius 2 is 2.00 bits per heavy atom. The zero-order chi connectivity index (χ0) is 20.7. The Bertz CT molecular complexity index is 1230. The molecule has 154 valence electrons. The van der Waals surface area contributed by atoms with E-state index in [0.29, 0.717) is 37.7 Å². The van der Waals surface area contributed by atoms with Crippen LogP contribution in [-0.4, -0.2) is 66.2 Å². The first-order chi connectivity index (χ1) is 14.6. The molecule has 5 rings (SSSR count). The summed E-state index contributed by atoms with van der Waals surface area (Å²) in [6.07, 6.45) is 7.00. The van der Waals surface area contributed by atoms with Gasteiger partial charge in [-0.2, -0.15) is 5.10 Å². The molecule has 0 bridgehead atoms. The van der Waals surface area contributed by atoms with E-state index in [1.807, 2.05) is 28.6 Å². The maximum absolute atomic E-state index is 12.6. The van der Waals surface area contributed by atoms with E-state index in [1.54, 1.807) is 29.5 Å². The van der Waals surface area contributed by atoms with E-state index >= 15 is 0 Å². The lowest BCUT2D eigenvalue weighted by Crippen LogP contribution is -2.52. The van der Waals surface area contributed by atoms with Gasteiger partial charge >= 0.3 is 6.03 Å². The van der Waals surface area contributed by atoms with Crippen molar-refractivity contribution < 1.29 is 4.79 Å². The first-order valence-electron chi connectivity index (χ1n) is 9.62. The van der Waals surface area contributed by atoms with Crippen LogP contribution in [-0.2, 0) is 13.6 Å². The van der Waals surface area contributed by atoms with Crippen molar-refractivity contribution in [3.8, 4) is 0 Å². The normalized spacial score (nSPS) is 14.6. The number of pyridine rings is 1. The number of hydrogen-bond donors (Lipinski definition) is 1.